The van der Waals surface area contributed by atoms with Gasteiger partial charge in [-0.1, -0.05) is 36.5 Å². The third kappa shape index (κ3) is 3.31. The summed E-state index contributed by atoms with van der Waals surface area (Å²) in [5, 5.41) is 2.09. The van der Waals surface area contributed by atoms with Crippen LogP contribution in [-0.4, -0.2) is 31.7 Å². The molecule has 0 aliphatic rings. The molecule has 5 heteroatoms. The van der Waals surface area contributed by atoms with Gasteiger partial charge in [-0.25, -0.2) is 0 Å². The number of thiocarbonyl (C=S) groups is 1. The van der Waals surface area contributed by atoms with Gasteiger partial charge in [0.15, 0.2) is 0 Å². The molecule has 4 nitrogen and oxygen atoms in total. The number of nitrogens with zero attached hydrogens (tertiary/aromatic N) is 1. The second kappa shape index (κ2) is 6.54. The summed E-state index contributed by atoms with van der Waals surface area (Å²) < 4.78 is 4.68. The van der Waals surface area contributed by atoms with Gasteiger partial charge in [-0.15, -0.1) is 0 Å². The van der Waals surface area contributed by atoms with E-state index >= 15 is 0 Å². The lowest BCUT2D eigenvalue weighted by molar-refractivity contribution is -0.140. The smallest absolute Gasteiger partial charge is 0.307 e. The van der Waals surface area contributed by atoms with Gasteiger partial charge in [0.1, 0.15) is 4.99 Å². The molecule has 0 aromatic heterocycles. The fourth-order valence-corrected chi connectivity index (χ4v) is 2.49. The Kier molecular flexibility index (Phi) is 4.75. The Hall–Kier alpha value is -2.14. The van der Waals surface area contributed by atoms with E-state index in [1.54, 1.807) is 0 Å². The van der Waals surface area contributed by atoms with E-state index in [0.29, 0.717) is 18.0 Å². The lowest BCUT2D eigenvalue weighted by Gasteiger charge is -2.21. The molecule has 0 fully saturated rings. The van der Waals surface area contributed by atoms with Gasteiger partial charge in [0.2, 0.25) is 0 Å². The van der Waals surface area contributed by atoms with E-state index in [-0.39, 0.29) is 5.97 Å². The quantitative estimate of drug-likeness (QED) is 0.679. The van der Waals surface area contributed by atoms with Crippen LogP contribution in [0, 0.1) is 0 Å². The number of carbonyl (C=O) groups excluding carboxylic acids is 1. The van der Waals surface area contributed by atoms with Crippen LogP contribution in [0.5, 0.6) is 0 Å². The van der Waals surface area contributed by atoms with Gasteiger partial charge >= 0.3 is 5.97 Å². The van der Waals surface area contributed by atoms with Crippen molar-refractivity contribution in [3.8, 4) is 0 Å². The van der Waals surface area contributed by atoms with Crippen molar-refractivity contribution in [3.05, 3.63) is 42.0 Å². The minimum Gasteiger partial charge on any atom is -0.469 e. The Labute approximate surface area is 129 Å². The lowest BCUT2D eigenvalue weighted by Crippen LogP contribution is -2.22. The summed E-state index contributed by atoms with van der Waals surface area (Å²) in [6, 6.07) is 11.9. The van der Waals surface area contributed by atoms with Gasteiger partial charge in [0.05, 0.1) is 13.5 Å². The molecule has 2 aromatic carbocycles. The average Bonchev–Trinajstić information content (AvgIpc) is 2.50. The fraction of sp³-hybridized carbons (Fsp3) is 0.250. The molecule has 110 valence electrons. The molecular weight excluding hydrogens is 284 g/mol. The number of carbonyl (C=O) groups is 1. The molecule has 0 heterocycles. The number of hydrogen-bond donors (Lipinski definition) is 1. The standard InChI is InChI=1S/C16H18N2O2S/c1-18(10-9-15(19)20-2)14-8-7-13(16(17)21)11-5-3-4-6-12(11)14/h3-8H,9-10H2,1-2H3,(H2,17,21). The Morgan fingerprint density at radius 2 is 1.90 bits per heavy atom. The number of methoxy groups -OCH3 is 1. The zero-order valence-electron chi connectivity index (χ0n) is 12.1. The predicted molar refractivity (Wildman–Crippen MR) is 89.7 cm³/mol. The van der Waals surface area contributed by atoms with Crippen LogP contribution < -0.4 is 10.6 Å². The number of anilines is 1. The molecule has 0 spiro atoms. The van der Waals surface area contributed by atoms with Gasteiger partial charge < -0.3 is 15.4 Å². The van der Waals surface area contributed by atoms with Crippen molar-refractivity contribution in [3.63, 3.8) is 0 Å². The van der Waals surface area contributed by atoms with Crippen molar-refractivity contribution in [2.75, 3.05) is 25.6 Å². The average molecular weight is 302 g/mol. The maximum atomic E-state index is 11.3. The van der Waals surface area contributed by atoms with Crippen molar-refractivity contribution in [1.29, 1.82) is 0 Å². The highest BCUT2D eigenvalue weighted by Gasteiger charge is 2.11. The Bertz CT molecular complexity index is 685. The second-order valence-electron chi connectivity index (χ2n) is 4.79. The number of nitrogens with two attached hydrogens (primary N) is 1. The maximum absolute atomic E-state index is 11.3. The Morgan fingerprint density at radius 3 is 2.52 bits per heavy atom. The predicted octanol–water partition coefficient (Wildman–Crippen LogP) is 2.47. The van der Waals surface area contributed by atoms with Crippen LogP contribution in [0.1, 0.15) is 12.0 Å². The Balaban J connectivity index is 2.39. The minimum atomic E-state index is -0.217. The van der Waals surface area contributed by atoms with Crippen LogP contribution in [0.25, 0.3) is 10.8 Å². The minimum absolute atomic E-state index is 0.217. The number of hydrogen-bond acceptors (Lipinski definition) is 4. The van der Waals surface area contributed by atoms with E-state index in [0.717, 1.165) is 22.0 Å². The van der Waals surface area contributed by atoms with Crippen LogP contribution in [0.15, 0.2) is 36.4 Å². The molecule has 0 aliphatic heterocycles. The van der Waals surface area contributed by atoms with Crippen LogP contribution in [-0.2, 0) is 9.53 Å². The molecule has 21 heavy (non-hydrogen) atoms. The molecule has 0 saturated carbocycles. The van der Waals surface area contributed by atoms with E-state index in [2.05, 4.69) is 4.74 Å². The molecule has 0 radical (unpaired) electrons. The number of fused-ring (bicyclic) bond motifs is 1. The highest BCUT2D eigenvalue weighted by atomic mass is 32.1. The van der Waals surface area contributed by atoms with E-state index < -0.39 is 0 Å². The summed E-state index contributed by atoms with van der Waals surface area (Å²) in [7, 11) is 3.35. The molecular formula is C16H18N2O2S. The monoisotopic (exact) mass is 302 g/mol. The summed E-state index contributed by atoms with van der Waals surface area (Å²) in [5.74, 6) is -0.217. The molecule has 0 unspecified atom stereocenters. The van der Waals surface area contributed by atoms with Gasteiger partial charge in [-0.3, -0.25) is 4.79 Å². The van der Waals surface area contributed by atoms with Gasteiger partial charge in [0, 0.05) is 30.2 Å². The van der Waals surface area contributed by atoms with Crippen molar-refractivity contribution in [2.24, 2.45) is 5.73 Å². The van der Waals surface area contributed by atoms with Crippen molar-refractivity contribution < 1.29 is 9.53 Å². The fourth-order valence-electron chi connectivity index (χ4n) is 2.31. The van der Waals surface area contributed by atoms with E-state index in [9.17, 15) is 4.79 Å². The van der Waals surface area contributed by atoms with Crippen molar-refractivity contribution in [2.45, 2.75) is 6.42 Å². The summed E-state index contributed by atoms with van der Waals surface area (Å²) in [6.07, 6.45) is 0.346. The second-order valence-corrected chi connectivity index (χ2v) is 5.23. The molecule has 2 rings (SSSR count). The van der Waals surface area contributed by atoms with Crippen LogP contribution in [0.2, 0.25) is 0 Å². The molecule has 0 aliphatic carbocycles. The summed E-state index contributed by atoms with van der Waals surface area (Å²) in [6.45, 7) is 0.586. The number of rotatable bonds is 5. The maximum Gasteiger partial charge on any atom is 0.307 e. The first-order valence-corrected chi connectivity index (χ1v) is 7.05. The number of ether oxygens (including phenoxy) is 1. The Morgan fingerprint density at radius 1 is 1.24 bits per heavy atom. The molecule has 0 saturated heterocycles. The molecule has 0 bridgehead atoms. The number of esters is 1. The summed E-state index contributed by atoms with van der Waals surface area (Å²) in [4.78, 5) is 13.7. The topological polar surface area (TPSA) is 55.6 Å². The molecule has 0 atom stereocenters. The third-order valence-corrected chi connectivity index (χ3v) is 3.68. The zero-order chi connectivity index (χ0) is 15.4. The SMILES string of the molecule is COC(=O)CCN(C)c1ccc(C(N)=S)c2ccccc12. The first-order chi connectivity index (χ1) is 10.0. The van der Waals surface area contributed by atoms with Crippen molar-refractivity contribution in [1.82, 2.24) is 0 Å². The van der Waals surface area contributed by atoms with E-state index in [1.165, 1.54) is 7.11 Å². The van der Waals surface area contributed by atoms with Gasteiger partial charge in [0.25, 0.3) is 0 Å². The van der Waals surface area contributed by atoms with Gasteiger partial charge in [-0.2, -0.15) is 0 Å². The first-order valence-electron chi connectivity index (χ1n) is 6.64. The highest BCUT2D eigenvalue weighted by molar-refractivity contribution is 7.80. The van der Waals surface area contributed by atoms with Crippen LogP contribution >= 0.6 is 12.2 Å². The lowest BCUT2D eigenvalue weighted by atomic mass is 10.0. The van der Waals surface area contributed by atoms with Crippen molar-refractivity contribution >= 4 is 39.6 Å². The largest absolute Gasteiger partial charge is 0.469 e. The third-order valence-electron chi connectivity index (χ3n) is 3.46. The van der Waals surface area contributed by atoms with Crippen LogP contribution in [0.4, 0.5) is 5.69 Å². The number of benzene rings is 2. The van der Waals surface area contributed by atoms with Crippen LogP contribution in [0.3, 0.4) is 0 Å². The molecule has 0 amide bonds. The van der Waals surface area contributed by atoms with Gasteiger partial charge in [-0.05, 0) is 17.5 Å². The van der Waals surface area contributed by atoms with E-state index in [1.807, 2.05) is 48.3 Å². The normalized spacial score (nSPS) is 10.4. The molecule has 2 aromatic rings. The first kappa shape index (κ1) is 15.3. The summed E-state index contributed by atoms with van der Waals surface area (Å²) >= 11 is 5.10. The van der Waals surface area contributed by atoms with E-state index in [4.69, 9.17) is 18.0 Å². The summed E-state index contributed by atoms with van der Waals surface area (Å²) in [5.41, 5.74) is 7.68. The molecule has 2 N–H and O–H groups in total. The highest BCUT2D eigenvalue weighted by Crippen LogP contribution is 2.29. The zero-order valence-corrected chi connectivity index (χ0v) is 12.9.